The second-order valence-electron chi connectivity index (χ2n) is 7.76. The number of aliphatic carboxylic acids is 1. The van der Waals surface area contributed by atoms with E-state index in [1.165, 1.54) is 6.07 Å². The number of carbonyl (C=O) groups is 2. The molecule has 5 nitrogen and oxygen atoms in total. The Balaban J connectivity index is 0.000000380. The van der Waals surface area contributed by atoms with E-state index in [0.717, 1.165) is 25.9 Å². The molecular formula is C20H28F2N2O3. The molecule has 1 amide bonds. The predicted octanol–water partition coefficient (Wildman–Crippen LogP) is 3.21. The van der Waals surface area contributed by atoms with E-state index < -0.39 is 23.4 Å². The van der Waals surface area contributed by atoms with Crippen molar-refractivity contribution in [2.24, 2.45) is 17.6 Å². The standard InChI is InChI=1S/C16H19F2NO2.C4H9NO/c17-14-7-13(16(18)8-12(9-16)15(20)21)4-3-11(14)10-19-5-1-2-6-19;1-3(2)4(5)6/h3-4,7,12H,1-2,5-6,8-10H2,(H,20,21);3H,1-2H3,(H2,5,6). The first-order chi connectivity index (χ1) is 12.6. The number of nitrogens with zero attached hydrogens (tertiary/aromatic N) is 1. The molecule has 3 N–H and O–H groups in total. The van der Waals surface area contributed by atoms with Gasteiger partial charge in [-0.05, 0) is 50.4 Å². The number of carbonyl (C=O) groups excluding carboxylic acids is 1. The summed E-state index contributed by atoms with van der Waals surface area (Å²) >= 11 is 0. The smallest absolute Gasteiger partial charge is 0.306 e. The van der Waals surface area contributed by atoms with Gasteiger partial charge in [0.15, 0.2) is 0 Å². The molecule has 27 heavy (non-hydrogen) atoms. The van der Waals surface area contributed by atoms with E-state index in [9.17, 15) is 18.4 Å². The maximum absolute atomic E-state index is 14.5. The zero-order chi connectivity index (χ0) is 20.2. The van der Waals surface area contributed by atoms with Gasteiger partial charge in [0.25, 0.3) is 0 Å². The van der Waals surface area contributed by atoms with Crippen LogP contribution in [-0.4, -0.2) is 35.0 Å². The molecular weight excluding hydrogens is 354 g/mol. The van der Waals surface area contributed by atoms with Crippen LogP contribution < -0.4 is 5.73 Å². The largest absolute Gasteiger partial charge is 0.481 e. The number of primary amides is 1. The fraction of sp³-hybridized carbons (Fsp3) is 0.600. The van der Waals surface area contributed by atoms with Crippen LogP contribution in [0.4, 0.5) is 8.78 Å². The molecule has 0 bridgehead atoms. The molecule has 0 atom stereocenters. The summed E-state index contributed by atoms with van der Waals surface area (Å²) in [4.78, 5) is 22.9. The maximum Gasteiger partial charge on any atom is 0.306 e. The van der Waals surface area contributed by atoms with Crippen molar-refractivity contribution in [2.75, 3.05) is 13.1 Å². The first kappa shape index (κ1) is 21.3. The van der Waals surface area contributed by atoms with Crippen LogP contribution >= 0.6 is 0 Å². The Labute approximate surface area is 158 Å². The van der Waals surface area contributed by atoms with Gasteiger partial charge in [-0.2, -0.15) is 0 Å². The van der Waals surface area contributed by atoms with Gasteiger partial charge in [-0.3, -0.25) is 14.5 Å². The summed E-state index contributed by atoms with van der Waals surface area (Å²) in [6, 6.07) is 4.48. The Bertz CT molecular complexity index is 682. The molecule has 0 radical (unpaired) electrons. The van der Waals surface area contributed by atoms with E-state index >= 15 is 0 Å². The molecule has 1 heterocycles. The third-order valence-corrected chi connectivity index (χ3v) is 5.22. The van der Waals surface area contributed by atoms with E-state index in [2.05, 4.69) is 4.90 Å². The summed E-state index contributed by atoms with van der Waals surface area (Å²) in [6.07, 6.45) is 2.16. The van der Waals surface area contributed by atoms with Crippen molar-refractivity contribution in [2.45, 2.75) is 51.7 Å². The van der Waals surface area contributed by atoms with E-state index in [1.807, 2.05) is 0 Å². The van der Waals surface area contributed by atoms with Crippen molar-refractivity contribution in [1.29, 1.82) is 0 Å². The van der Waals surface area contributed by atoms with Crippen molar-refractivity contribution in [3.63, 3.8) is 0 Å². The number of carboxylic acids is 1. The topological polar surface area (TPSA) is 83.6 Å². The molecule has 0 unspecified atom stereocenters. The molecule has 2 fully saturated rings. The zero-order valence-corrected chi connectivity index (χ0v) is 15.9. The second kappa shape index (κ2) is 8.78. The van der Waals surface area contributed by atoms with Crippen LogP contribution in [0.25, 0.3) is 0 Å². The molecule has 150 valence electrons. The first-order valence-electron chi connectivity index (χ1n) is 9.34. The van der Waals surface area contributed by atoms with Gasteiger partial charge in [0.2, 0.25) is 5.91 Å². The minimum atomic E-state index is -1.68. The van der Waals surface area contributed by atoms with Crippen LogP contribution in [0.2, 0.25) is 0 Å². The van der Waals surface area contributed by atoms with Crippen LogP contribution in [-0.2, 0) is 21.8 Å². The molecule has 3 rings (SSSR count). The molecule has 1 saturated carbocycles. The van der Waals surface area contributed by atoms with Gasteiger partial charge >= 0.3 is 5.97 Å². The van der Waals surface area contributed by atoms with Gasteiger partial charge in [0.1, 0.15) is 11.5 Å². The maximum atomic E-state index is 14.5. The van der Waals surface area contributed by atoms with Gasteiger partial charge in [-0.25, -0.2) is 8.78 Å². The van der Waals surface area contributed by atoms with E-state index in [0.29, 0.717) is 12.1 Å². The van der Waals surface area contributed by atoms with Gasteiger partial charge in [0, 0.05) is 18.0 Å². The average Bonchev–Trinajstić information content (AvgIpc) is 3.07. The number of rotatable bonds is 5. The number of hydrogen-bond donors (Lipinski definition) is 2. The molecule has 1 aromatic carbocycles. The number of likely N-dealkylation sites (tertiary alicyclic amines) is 1. The van der Waals surface area contributed by atoms with Crippen LogP contribution in [0.3, 0.4) is 0 Å². The number of benzene rings is 1. The highest BCUT2D eigenvalue weighted by Crippen LogP contribution is 2.49. The van der Waals surface area contributed by atoms with Gasteiger partial charge < -0.3 is 10.8 Å². The number of nitrogens with two attached hydrogens (primary N) is 1. The summed E-state index contributed by atoms with van der Waals surface area (Å²) in [5.41, 5.74) is 3.96. The summed E-state index contributed by atoms with van der Waals surface area (Å²) in [6.45, 7) is 6.05. The lowest BCUT2D eigenvalue weighted by molar-refractivity contribution is -0.152. The third kappa shape index (κ3) is 5.48. The molecule has 2 aliphatic rings. The van der Waals surface area contributed by atoms with Crippen molar-refractivity contribution < 1.29 is 23.5 Å². The third-order valence-electron chi connectivity index (χ3n) is 5.22. The quantitative estimate of drug-likeness (QED) is 0.819. The SMILES string of the molecule is CC(C)C(N)=O.O=C(O)C1CC(F)(c2ccc(CN3CCCC3)c(F)c2)C1. The summed E-state index contributed by atoms with van der Waals surface area (Å²) < 4.78 is 28.7. The molecule has 0 aromatic heterocycles. The molecule has 1 aliphatic carbocycles. The van der Waals surface area contributed by atoms with Crippen LogP contribution in [0, 0.1) is 17.7 Å². The highest BCUT2D eigenvalue weighted by Gasteiger charge is 2.49. The number of amides is 1. The Kier molecular flexibility index (Phi) is 6.92. The Hall–Kier alpha value is -2.02. The lowest BCUT2D eigenvalue weighted by atomic mass is 9.68. The average molecular weight is 382 g/mol. The van der Waals surface area contributed by atoms with Crippen molar-refractivity contribution in [3.05, 3.63) is 35.1 Å². The van der Waals surface area contributed by atoms with E-state index in [1.54, 1.807) is 26.0 Å². The first-order valence-corrected chi connectivity index (χ1v) is 9.34. The van der Waals surface area contributed by atoms with E-state index in [4.69, 9.17) is 10.8 Å². The van der Waals surface area contributed by atoms with Crippen LogP contribution in [0.15, 0.2) is 18.2 Å². The minimum absolute atomic E-state index is 0.00926. The van der Waals surface area contributed by atoms with Crippen molar-refractivity contribution in [3.8, 4) is 0 Å². The minimum Gasteiger partial charge on any atom is -0.481 e. The van der Waals surface area contributed by atoms with Gasteiger partial charge in [-0.1, -0.05) is 26.0 Å². The summed E-state index contributed by atoms with van der Waals surface area (Å²) in [5, 5.41) is 8.82. The molecule has 0 spiro atoms. The normalized spacial score (nSPS) is 24.9. The Morgan fingerprint density at radius 1 is 1.30 bits per heavy atom. The predicted molar refractivity (Wildman–Crippen MR) is 98.1 cm³/mol. The number of carboxylic acid groups (broad SMARTS) is 1. The molecule has 7 heteroatoms. The zero-order valence-electron chi connectivity index (χ0n) is 15.9. The summed E-state index contributed by atoms with van der Waals surface area (Å²) in [5.74, 6) is -2.27. The van der Waals surface area contributed by atoms with Gasteiger partial charge in [-0.15, -0.1) is 0 Å². The number of halogens is 2. The Morgan fingerprint density at radius 3 is 2.30 bits per heavy atom. The second-order valence-corrected chi connectivity index (χ2v) is 7.76. The van der Waals surface area contributed by atoms with Crippen molar-refractivity contribution >= 4 is 11.9 Å². The number of alkyl halides is 1. The fourth-order valence-electron chi connectivity index (χ4n) is 3.27. The highest BCUT2D eigenvalue weighted by molar-refractivity contribution is 5.75. The highest BCUT2D eigenvalue weighted by atomic mass is 19.1. The molecule has 1 aromatic rings. The van der Waals surface area contributed by atoms with Crippen LogP contribution in [0.1, 0.15) is 50.7 Å². The molecule has 1 aliphatic heterocycles. The fourth-order valence-corrected chi connectivity index (χ4v) is 3.27. The monoisotopic (exact) mass is 382 g/mol. The summed E-state index contributed by atoms with van der Waals surface area (Å²) in [7, 11) is 0. The lowest BCUT2D eigenvalue weighted by Crippen LogP contribution is -2.41. The van der Waals surface area contributed by atoms with Crippen LogP contribution in [0.5, 0.6) is 0 Å². The number of hydrogen-bond acceptors (Lipinski definition) is 3. The Morgan fingerprint density at radius 2 is 1.85 bits per heavy atom. The van der Waals surface area contributed by atoms with Gasteiger partial charge in [0.05, 0.1) is 5.92 Å². The lowest BCUT2D eigenvalue weighted by Gasteiger charge is -2.39. The van der Waals surface area contributed by atoms with Crippen molar-refractivity contribution in [1.82, 2.24) is 4.90 Å². The molecule has 1 saturated heterocycles. The van der Waals surface area contributed by atoms with E-state index in [-0.39, 0.29) is 30.2 Å².